The lowest BCUT2D eigenvalue weighted by molar-refractivity contribution is -0.384. The van der Waals surface area contributed by atoms with Crippen LogP contribution in [0.2, 0.25) is 0 Å². The highest BCUT2D eigenvalue weighted by Crippen LogP contribution is 2.26. The number of benzene rings is 1. The Morgan fingerprint density at radius 1 is 1.24 bits per heavy atom. The van der Waals surface area contributed by atoms with Crippen molar-refractivity contribution in [2.24, 2.45) is 0 Å². The zero-order chi connectivity index (χ0) is 17.8. The van der Waals surface area contributed by atoms with Crippen LogP contribution >= 0.6 is 0 Å². The largest absolute Gasteiger partial charge is 0.391 e. The topological polar surface area (TPSA) is 108 Å². The van der Waals surface area contributed by atoms with E-state index in [9.17, 15) is 20.0 Å². The number of nitro groups is 1. The minimum absolute atomic E-state index is 0.0544. The first kappa shape index (κ1) is 17.6. The summed E-state index contributed by atoms with van der Waals surface area (Å²) in [6.45, 7) is 1.73. The summed E-state index contributed by atoms with van der Waals surface area (Å²) < 4.78 is 0. The molecule has 2 fully saturated rings. The molecule has 1 aliphatic heterocycles. The number of carbonyl (C=O) groups excluding carboxylic acids is 1. The van der Waals surface area contributed by atoms with Gasteiger partial charge in [0.25, 0.3) is 5.69 Å². The highest BCUT2D eigenvalue weighted by atomic mass is 16.6. The first-order valence-corrected chi connectivity index (χ1v) is 8.77. The van der Waals surface area contributed by atoms with Crippen molar-refractivity contribution in [1.29, 1.82) is 0 Å². The molecule has 1 aromatic rings. The lowest BCUT2D eigenvalue weighted by Gasteiger charge is -2.37. The van der Waals surface area contributed by atoms with Gasteiger partial charge in [-0.1, -0.05) is 6.07 Å². The highest BCUT2D eigenvalue weighted by Gasteiger charge is 2.33. The number of nitrogens with zero attached hydrogens (tertiary/aromatic N) is 2. The minimum Gasteiger partial charge on any atom is -0.391 e. The van der Waals surface area contributed by atoms with Gasteiger partial charge in [0.15, 0.2) is 0 Å². The zero-order valence-electron chi connectivity index (χ0n) is 14.1. The number of nitrogens with one attached hydrogen (secondary N) is 2. The van der Waals surface area contributed by atoms with Crippen LogP contribution in [0.5, 0.6) is 0 Å². The second-order valence-corrected chi connectivity index (χ2v) is 6.78. The summed E-state index contributed by atoms with van der Waals surface area (Å²) in [4.78, 5) is 24.7. The Morgan fingerprint density at radius 3 is 2.64 bits per heavy atom. The van der Waals surface area contributed by atoms with Crippen LogP contribution in [0, 0.1) is 10.1 Å². The van der Waals surface area contributed by atoms with E-state index in [-0.39, 0.29) is 29.9 Å². The van der Waals surface area contributed by atoms with Crippen LogP contribution in [-0.4, -0.2) is 52.2 Å². The van der Waals surface area contributed by atoms with Crippen LogP contribution in [-0.2, 0) is 0 Å². The average Bonchev–Trinajstić information content (AvgIpc) is 3.02. The molecule has 1 saturated heterocycles. The van der Waals surface area contributed by atoms with Crippen molar-refractivity contribution in [2.75, 3.05) is 18.4 Å². The van der Waals surface area contributed by atoms with Gasteiger partial charge in [-0.2, -0.15) is 0 Å². The van der Waals surface area contributed by atoms with Crippen LogP contribution in [0.15, 0.2) is 24.3 Å². The van der Waals surface area contributed by atoms with Crippen molar-refractivity contribution in [3.8, 4) is 0 Å². The van der Waals surface area contributed by atoms with E-state index in [2.05, 4.69) is 15.5 Å². The Balaban J connectivity index is 1.46. The fraction of sp³-hybridized carbons (Fsp3) is 0.588. The van der Waals surface area contributed by atoms with Crippen LogP contribution < -0.4 is 10.6 Å². The third kappa shape index (κ3) is 4.46. The maximum Gasteiger partial charge on any atom is 0.319 e. The molecule has 3 N–H and O–H groups in total. The number of rotatable bonds is 4. The SMILES string of the molecule is O=C(Nc1cccc([N+](=O)[O-])c1)NC1CCN([C@@H]2CCC[C@@H]2O)CC1. The van der Waals surface area contributed by atoms with E-state index < -0.39 is 4.92 Å². The fourth-order valence-corrected chi connectivity index (χ4v) is 3.77. The maximum atomic E-state index is 12.1. The van der Waals surface area contributed by atoms with Gasteiger partial charge < -0.3 is 15.7 Å². The molecule has 2 aliphatic rings. The summed E-state index contributed by atoms with van der Waals surface area (Å²) in [5.74, 6) is 0. The summed E-state index contributed by atoms with van der Waals surface area (Å²) in [7, 11) is 0. The molecule has 25 heavy (non-hydrogen) atoms. The zero-order valence-corrected chi connectivity index (χ0v) is 14.1. The molecule has 0 radical (unpaired) electrons. The van der Waals surface area contributed by atoms with Gasteiger partial charge in [-0.05, 0) is 38.2 Å². The van der Waals surface area contributed by atoms with Crippen LogP contribution in [0.25, 0.3) is 0 Å². The molecular weight excluding hydrogens is 324 g/mol. The molecule has 1 heterocycles. The Bertz CT molecular complexity index is 631. The van der Waals surface area contributed by atoms with Gasteiger partial charge in [0, 0.05) is 43.0 Å². The van der Waals surface area contributed by atoms with Crippen molar-refractivity contribution < 1.29 is 14.8 Å². The van der Waals surface area contributed by atoms with Crippen molar-refractivity contribution in [2.45, 2.75) is 50.3 Å². The molecule has 1 aliphatic carbocycles. The van der Waals surface area contributed by atoms with E-state index in [1.807, 2.05) is 0 Å². The van der Waals surface area contributed by atoms with Crippen LogP contribution in [0.1, 0.15) is 32.1 Å². The molecule has 2 atom stereocenters. The molecule has 1 saturated carbocycles. The lowest BCUT2D eigenvalue weighted by Crippen LogP contribution is -2.50. The third-order valence-electron chi connectivity index (χ3n) is 5.09. The Morgan fingerprint density at radius 2 is 2.00 bits per heavy atom. The quantitative estimate of drug-likeness (QED) is 0.570. The number of likely N-dealkylation sites (tertiary alicyclic amines) is 1. The summed E-state index contributed by atoms with van der Waals surface area (Å²) >= 11 is 0. The molecule has 0 bridgehead atoms. The molecule has 2 amide bonds. The van der Waals surface area contributed by atoms with E-state index in [1.165, 1.54) is 12.1 Å². The van der Waals surface area contributed by atoms with Crippen molar-refractivity contribution in [1.82, 2.24) is 10.2 Å². The first-order valence-electron chi connectivity index (χ1n) is 8.77. The lowest BCUT2D eigenvalue weighted by atomic mass is 10.0. The normalized spacial score (nSPS) is 24.8. The van der Waals surface area contributed by atoms with Crippen molar-refractivity contribution in [3.63, 3.8) is 0 Å². The predicted molar refractivity (Wildman–Crippen MR) is 93.5 cm³/mol. The van der Waals surface area contributed by atoms with E-state index in [1.54, 1.807) is 12.1 Å². The molecule has 3 rings (SSSR count). The van der Waals surface area contributed by atoms with Crippen molar-refractivity contribution in [3.05, 3.63) is 34.4 Å². The molecule has 8 nitrogen and oxygen atoms in total. The summed E-state index contributed by atoms with van der Waals surface area (Å²) in [6, 6.07) is 5.88. The standard InChI is InChI=1S/C17H24N4O4/c22-16-6-2-5-15(16)20-9-7-12(8-10-20)18-17(23)19-13-3-1-4-14(11-13)21(24)25/h1,3-4,11-12,15-16,22H,2,5-10H2,(H2,18,19,23)/t15-,16+/m1/s1. The van der Waals surface area contributed by atoms with E-state index >= 15 is 0 Å². The number of nitro benzene ring substituents is 1. The van der Waals surface area contributed by atoms with Gasteiger partial charge in [0.05, 0.1) is 11.0 Å². The molecule has 0 aromatic heterocycles. The summed E-state index contributed by atoms with van der Waals surface area (Å²) in [6.07, 6.45) is 4.47. The van der Waals surface area contributed by atoms with Gasteiger partial charge in [0.1, 0.15) is 0 Å². The second kappa shape index (κ2) is 7.79. The molecule has 0 unspecified atom stereocenters. The third-order valence-corrected chi connectivity index (χ3v) is 5.09. The number of aliphatic hydroxyl groups is 1. The molecule has 1 aromatic carbocycles. The second-order valence-electron chi connectivity index (χ2n) is 6.78. The molecule has 8 heteroatoms. The predicted octanol–water partition coefficient (Wildman–Crippen LogP) is 2.09. The van der Waals surface area contributed by atoms with Gasteiger partial charge in [0.2, 0.25) is 0 Å². The van der Waals surface area contributed by atoms with E-state index in [4.69, 9.17) is 0 Å². The van der Waals surface area contributed by atoms with Gasteiger partial charge in [-0.15, -0.1) is 0 Å². The highest BCUT2D eigenvalue weighted by molar-refractivity contribution is 5.89. The Hall–Kier alpha value is -2.19. The smallest absolute Gasteiger partial charge is 0.319 e. The van der Waals surface area contributed by atoms with E-state index in [0.717, 1.165) is 45.2 Å². The number of hydrogen-bond acceptors (Lipinski definition) is 5. The number of carbonyl (C=O) groups is 1. The number of anilines is 1. The van der Waals surface area contributed by atoms with Crippen LogP contribution in [0.4, 0.5) is 16.2 Å². The summed E-state index contributed by atoms with van der Waals surface area (Å²) in [5, 5.41) is 26.4. The summed E-state index contributed by atoms with van der Waals surface area (Å²) in [5.41, 5.74) is 0.347. The number of hydrogen-bond donors (Lipinski definition) is 3. The first-order chi connectivity index (χ1) is 12.0. The Kier molecular flexibility index (Phi) is 5.50. The maximum absolute atomic E-state index is 12.1. The van der Waals surface area contributed by atoms with E-state index in [0.29, 0.717) is 5.69 Å². The average molecular weight is 348 g/mol. The van der Waals surface area contributed by atoms with Gasteiger partial charge >= 0.3 is 6.03 Å². The number of amides is 2. The fourth-order valence-electron chi connectivity index (χ4n) is 3.77. The van der Waals surface area contributed by atoms with Gasteiger partial charge in [-0.3, -0.25) is 15.0 Å². The number of non-ortho nitro benzene ring substituents is 1. The minimum atomic E-state index is -0.490. The molecule has 0 spiro atoms. The van der Waals surface area contributed by atoms with Crippen LogP contribution in [0.3, 0.4) is 0 Å². The number of urea groups is 1. The van der Waals surface area contributed by atoms with Crippen molar-refractivity contribution >= 4 is 17.4 Å². The monoisotopic (exact) mass is 348 g/mol. The van der Waals surface area contributed by atoms with Gasteiger partial charge in [-0.25, -0.2) is 4.79 Å². The Labute approximate surface area is 146 Å². The number of piperidine rings is 1. The number of aliphatic hydroxyl groups excluding tert-OH is 1. The molecular formula is C17H24N4O4. The molecule has 136 valence electrons.